The molecular weight excluding hydrogens is 466 g/mol. The number of carbonyl (C=O) groups is 3. The molecule has 1 atom stereocenters. The molecule has 0 unspecified atom stereocenters. The molecule has 0 saturated heterocycles. The maximum absolute atomic E-state index is 12.7. The average Bonchev–Trinajstić information content (AvgIpc) is 3.35. The van der Waals surface area contributed by atoms with Crippen LogP contribution in [-0.4, -0.2) is 40.7 Å². The Labute approximate surface area is 207 Å². The number of thiazole rings is 1. The van der Waals surface area contributed by atoms with Gasteiger partial charge < -0.3 is 15.2 Å². The van der Waals surface area contributed by atoms with Crippen molar-refractivity contribution in [3.8, 4) is 11.1 Å². The number of rotatable bonds is 9. The number of anilines is 1. The molecule has 0 radical (unpaired) electrons. The van der Waals surface area contributed by atoms with Gasteiger partial charge in [-0.3, -0.25) is 14.9 Å². The molecule has 0 aliphatic heterocycles. The number of carboxylic acid groups (broad SMARTS) is 1. The van der Waals surface area contributed by atoms with Gasteiger partial charge in [-0.15, -0.1) is 0 Å². The monoisotopic (exact) mass is 493 g/mol. The molecule has 0 fully saturated rings. The Morgan fingerprint density at radius 2 is 1.71 bits per heavy atom. The number of ether oxygens (including phenoxy) is 1. The van der Waals surface area contributed by atoms with Gasteiger partial charge in [0.2, 0.25) is 0 Å². The van der Waals surface area contributed by atoms with E-state index in [0.717, 1.165) is 40.0 Å². The minimum Gasteiger partial charge on any atom is -0.481 e. The molecule has 35 heavy (non-hydrogen) atoms. The van der Waals surface area contributed by atoms with E-state index in [1.807, 2.05) is 43.3 Å². The summed E-state index contributed by atoms with van der Waals surface area (Å²) in [7, 11) is 0. The number of carboxylic acids is 1. The van der Waals surface area contributed by atoms with Gasteiger partial charge in [-0.2, -0.15) is 0 Å². The molecule has 0 spiro atoms. The van der Waals surface area contributed by atoms with Crippen LogP contribution >= 0.6 is 11.3 Å². The Morgan fingerprint density at radius 3 is 2.31 bits per heavy atom. The molecule has 1 aliphatic carbocycles. The summed E-state index contributed by atoms with van der Waals surface area (Å²) >= 11 is 1.03. The van der Waals surface area contributed by atoms with E-state index in [2.05, 4.69) is 27.8 Å². The van der Waals surface area contributed by atoms with Crippen LogP contribution in [0.4, 0.5) is 9.93 Å². The number of hydrogen-bond acceptors (Lipinski definition) is 6. The number of hydrogen-bond donors (Lipinski definition) is 3. The molecule has 3 aromatic rings. The first kappa shape index (κ1) is 24.4. The number of aromatic nitrogens is 1. The Hall–Kier alpha value is -3.72. The van der Waals surface area contributed by atoms with Crippen molar-refractivity contribution in [1.82, 2.24) is 10.3 Å². The predicted octanol–water partition coefficient (Wildman–Crippen LogP) is 5.19. The zero-order valence-corrected chi connectivity index (χ0v) is 20.4. The number of aryl methyl sites for hydroxylation is 1. The summed E-state index contributed by atoms with van der Waals surface area (Å²) in [6.07, 6.45) is 0.500. The van der Waals surface area contributed by atoms with E-state index in [9.17, 15) is 14.4 Å². The molecule has 2 aromatic carbocycles. The van der Waals surface area contributed by atoms with Crippen molar-refractivity contribution < 1.29 is 24.2 Å². The van der Waals surface area contributed by atoms with Crippen molar-refractivity contribution in [2.45, 2.75) is 45.1 Å². The molecule has 9 heteroatoms. The van der Waals surface area contributed by atoms with Crippen LogP contribution in [0.5, 0.6) is 0 Å². The van der Waals surface area contributed by atoms with Crippen molar-refractivity contribution >= 4 is 34.4 Å². The third kappa shape index (κ3) is 5.51. The molecule has 1 aromatic heterocycles. The van der Waals surface area contributed by atoms with E-state index in [1.54, 1.807) is 6.92 Å². The van der Waals surface area contributed by atoms with Crippen molar-refractivity contribution in [2.75, 3.05) is 11.9 Å². The van der Waals surface area contributed by atoms with Gasteiger partial charge in [0.25, 0.3) is 5.91 Å². The lowest BCUT2D eigenvalue weighted by atomic mass is 9.98. The topological polar surface area (TPSA) is 118 Å². The lowest BCUT2D eigenvalue weighted by Crippen LogP contribution is -2.36. The minimum atomic E-state index is -0.970. The largest absolute Gasteiger partial charge is 0.481 e. The van der Waals surface area contributed by atoms with Crippen LogP contribution in [-0.2, 0) is 9.53 Å². The molecule has 2 amide bonds. The molecule has 182 valence electrons. The molecule has 0 saturated carbocycles. The van der Waals surface area contributed by atoms with E-state index < -0.39 is 24.0 Å². The van der Waals surface area contributed by atoms with Gasteiger partial charge >= 0.3 is 12.1 Å². The van der Waals surface area contributed by atoms with Gasteiger partial charge in [0, 0.05) is 12.0 Å². The highest BCUT2D eigenvalue weighted by molar-refractivity contribution is 7.17. The Morgan fingerprint density at radius 1 is 1.09 bits per heavy atom. The molecule has 3 N–H and O–H groups in total. The SMILES string of the molecule is CCC[C@@H](CC(=O)O)NC(=O)c1sc(NC(=O)OCC2c3ccccc3-c3ccccc32)nc1C. The summed E-state index contributed by atoms with van der Waals surface area (Å²) in [4.78, 5) is 40.9. The first-order valence-corrected chi connectivity index (χ1v) is 12.3. The minimum absolute atomic E-state index is 0.0581. The molecule has 8 nitrogen and oxygen atoms in total. The van der Waals surface area contributed by atoms with Crippen molar-refractivity contribution in [2.24, 2.45) is 0 Å². The first-order valence-electron chi connectivity index (χ1n) is 11.5. The number of fused-ring (bicyclic) bond motifs is 3. The first-order chi connectivity index (χ1) is 16.9. The maximum atomic E-state index is 12.7. The van der Waals surface area contributed by atoms with Gasteiger partial charge in [-0.1, -0.05) is 73.2 Å². The van der Waals surface area contributed by atoms with E-state index in [-0.39, 0.29) is 24.1 Å². The number of carbonyl (C=O) groups excluding carboxylic acids is 2. The predicted molar refractivity (Wildman–Crippen MR) is 134 cm³/mol. The summed E-state index contributed by atoms with van der Waals surface area (Å²) < 4.78 is 5.54. The molecule has 4 rings (SSSR count). The third-order valence-corrected chi connectivity index (χ3v) is 7.02. The fraction of sp³-hybridized carbons (Fsp3) is 0.308. The van der Waals surface area contributed by atoms with E-state index in [1.165, 1.54) is 0 Å². The van der Waals surface area contributed by atoms with Crippen LogP contribution in [0.25, 0.3) is 11.1 Å². The fourth-order valence-corrected chi connectivity index (χ4v) is 5.27. The second-order valence-corrected chi connectivity index (χ2v) is 9.44. The number of aliphatic carboxylic acids is 1. The van der Waals surface area contributed by atoms with Gasteiger partial charge in [-0.05, 0) is 35.6 Å². The second kappa shape index (κ2) is 10.7. The lowest BCUT2D eigenvalue weighted by molar-refractivity contribution is -0.137. The number of amides is 2. The summed E-state index contributed by atoms with van der Waals surface area (Å²) in [5, 5.41) is 14.7. The van der Waals surface area contributed by atoms with E-state index in [0.29, 0.717) is 17.0 Å². The highest BCUT2D eigenvalue weighted by Crippen LogP contribution is 2.44. The molecule has 1 aliphatic rings. The normalized spacial score (nSPS) is 13.0. The maximum Gasteiger partial charge on any atom is 0.413 e. The zero-order chi connectivity index (χ0) is 24.9. The summed E-state index contributed by atoms with van der Waals surface area (Å²) in [5.41, 5.74) is 4.98. The number of nitrogens with zero attached hydrogens (tertiary/aromatic N) is 1. The third-order valence-electron chi connectivity index (χ3n) is 5.95. The average molecular weight is 494 g/mol. The van der Waals surface area contributed by atoms with Gasteiger partial charge in [0.05, 0.1) is 12.1 Å². The van der Waals surface area contributed by atoms with Crippen LogP contribution in [0.1, 0.15) is 58.6 Å². The van der Waals surface area contributed by atoms with Crippen molar-refractivity contribution in [3.63, 3.8) is 0 Å². The molecular formula is C26H27N3O5S. The number of nitrogens with one attached hydrogen (secondary N) is 2. The smallest absolute Gasteiger partial charge is 0.413 e. The van der Waals surface area contributed by atoms with E-state index in [4.69, 9.17) is 9.84 Å². The van der Waals surface area contributed by atoms with Gasteiger partial charge in [0.1, 0.15) is 11.5 Å². The summed E-state index contributed by atoms with van der Waals surface area (Å²) in [6.45, 7) is 3.77. The second-order valence-electron chi connectivity index (χ2n) is 8.44. The zero-order valence-electron chi connectivity index (χ0n) is 19.5. The van der Waals surface area contributed by atoms with Crippen molar-refractivity contribution in [3.05, 3.63) is 70.2 Å². The molecule has 0 bridgehead atoms. The van der Waals surface area contributed by atoms with Crippen LogP contribution in [0.3, 0.4) is 0 Å². The van der Waals surface area contributed by atoms with Crippen LogP contribution in [0.2, 0.25) is 0 Å². The Bertz CT molecular complexity index is 1210. The quantitative estimate of drug-likeness (QED) is 0.378. The Kier molecular flexibility index (Phi) is 7.45. The standard InChI is InChI=1S/C26H27N3O5S/c1-3-8-16(13-22(30)31)28-24(32)23-15(2)27-25(35-23)29-26(33)34-14-21-19-11-6-4-9-17(19)18-10-5-7-12-20(18)21/h4-7,9-12,16,21H,3,8,13-14H2,1-2H3,(H,28,32)(H,30,31)(H,27,29,33)/t16-/m0/s1. The van der Waals surface area contributed by atoms with Crippen LogP contribution < -0.4 is 10.6 Å². The van der Waals surface area contributed by atoms with Crippen LogP contribution in [0.15, 0.2) is 48.5 Å². The van der Waals surface area contributed by atoms with E-state index >= 15 is 0 Å². The summed E-state index contributed by atoms with van der Waals surface area (Å²) in [6, 6.07) is 15.7. The van der Waals surface area contributed by atoms with Gasteiger partial charge in [0.15, 0.2) is 5.13 Å². The van der Waals surface area contributed by atoms with Gasteiger partial charge in [-0.25, -0.2) is 9.78 Å². The van der Waals surface area contributed by atoms with Crippen LogP contribution in [0, 0.1) is 6.92 Å². The van der Waals surface area contributed by atoms with Crippen molar-refractivity contribution in [1.29, 1.82) is 0 Å². The summed E-state index contributed by atoms with van der Waals surface area (Å²) in [5.74, 6) is -1.43. The highest BCUT2D eigenvalue weighted by atomic mass is 32.1. The number of benzene rings is 2. The fourth-order valence-electron chi connectivity index (χ4n) is 4.42. The lowest BCUT2D eigenvalue weighted by Gasteiger charge is -2.15. The Balaban J connectivity index is 1.39. The highest BCUT2D eigenvalue weighted by Gasteiger charge is 2.29. The molecule has 1 heterocycles.